The zero-order valence-electron chi connectivity index (χ0n) is 12.5. The third-order valence-corrected chi connectivity index (χ3v) is 3.54. The molecule has 0 saturated carbocycles. The fraction of sp³-hybridized carbons (Fsp3) is 0.588. The first-order valence-corrected chi connectivity index (χ1v) is 7.61. The Morgan fingerprint density at radius 2 is 2.30 bits per heavy atom. The predicted molar refractivity (Wildman–Crippen MR) is 81.9 cm³/mol. The minimum atomic E-state index is 0.498. The van der Waals surface area contributed by atoms with Crippen LogP contribution in [-0.4, -0.2) is 24.2 Å². The smallest absolute Gasteiger partial charge is 0.141 e. The van der Waals surface area contributed by atoms with Crippen molar-refractivity contribution >= 4 is 0 Å². The van der Waals surface area contributed by atoms with Gasteiger partial charge in [0, 0.05) is 24.2 Å². The van der Waals surface area contributed by atoms with Crippen molar-refractivity contribution in [3.63, 3.8) is 0 Å². The van der Waals surface area contributed by atoms with Gasteiger partial charge in [0.05, 0.1) is 5.69 Å². The number of unbranched alkanes of at least 4 members (excludes halogenated alkanes) is 3. The molecule has 1 atom stereocenters. The van der Waals surface area contributed by atoms with Crippen molar-refractivity contribution in [2.45, 2.75) is 52.0 Å². The highest BCUT2D eigenvalue weighted by molar-refractivity contribution is 5.40. The molecule has 0 aromatic carbocycles. The quantitative estimate of drug-likeness (QED) is 0.638. The van der Waals surface area contributed by atoms with Crippen LogP contribution >= 0.6 is 0 Å². The summed E-state index contributed by atoms with van der Waals surface area (Å²) in [6.45, 7) is 6.00. The Morgan fingerprint density at radius 1 is 1.45 bits per heavy atom. The normalized spacial score (nSPS) is 17.0. The Hall–Kier alpha value is -1.53. The predicted octanol–water partition coefficient (Wildman–Crippen LogP) is 3.06. The summed E-state index contributed by atoms with van der Waals surface area (Å²) in [5, 5.41) is 3.33. The molecule has 0 radical (unpaired) electrons. The molecule has 1 saturated heterocycles. The van der Waals surface area contributed by atoms with Crippen molar-refractivity contribution < 1.29 is 4.74 Å². The van der Waals surface area contributed by atoms with Gasteiger partial charge < -0.3 is 10.1 Å². The van der Waals surface area contributed by atoms with E-state index < -0.39 is 0 Å². The van der Waals surface area contributed by atoms with Crippen LogP contribution in [0.25, 0.3) is 0 Å². The summed E-state index contributed by atoms with van der Waals surface area (Å²) in [7, 11) is 0. The van der Waals surface area contributed by atoms with E-state index in [1.54, 1.807) is 0 Å². The number of nitrogens with one attached hydrogen (secondary N) is 1. The molecular weight excluding hydrogens is 248 g/mol. The van der Waals surface area contributed by atoms with Gasteiger partial charge in [-0.25, -0.2) is 0 Å². The van der Waals surface area contributed by atoms with E-state index in [0.717, 1.165) is 36.6 Å². The number of rotatable bonds is 6. The molecule has 20 heavy (non-hydrogen) atoms. The van der Waals surface area contributed by atoms with E-state index in [2.05, 4.69) is 29.1 Å². The van der Waals surface area contributed by atoms with Gasteiger partial charge in [0.15, 0.2) is 0 Å². The van der Waals surface area contributed by atoms with Crippen molar-refractivity contribution in [2.75, 3.05) is 13.2 Å². The Kier molecular flexibility index (Phi) is 5.88. The van der Waals surface area contributed by atoms with Crippen molar-refractivity contribution in [3.8, 4) is 17.6 Å². The molecule has 3 heteroatoms. The number of ether oxygens (including phenoxy) is 1. The summed E-state index contributed by atoms with van der Waals surface area (Å²) in [4.78, 5) is 4.37. The van der Waals surface area contributed by atoms with Crippen LogP contribution in [0.1, 0.15) is 50.3 Å². The van der Waals surface area contributed by atoms with Gasteiger partial charge in [-0.3, -0.25) is 4.98 Å². The lowest BCUT2D eigenvalue weighted by Gasteiger charge is -2.27. The van der Waals surface area contributed by atoms with Gasteiger partial charge in [-0.2, -0.15) is 0 Å². The average molecular weight is 272 g/mol. The van der Waals surface area contributed by atoms with Gasteiger partial charge in [-0.1, -0.05) is 31.6 Å². The minimum absolute atomic E-state index is 0.498. The van der Waals surface area contributed by atoms with Crippen molar-refractivity contribution in [3.05, 3.63) is 23.5 Å². The Labute approximate surface area is 122 Å². The van der Waals surface area contributed by atoms with Crippen LogP contribution in [0, 0.1) is 18.8 Å². The molecule has 1 N–H and O–H groups in total. The summed E-state index contributed by atoms with van der Waals surface area (Å²) in [5.74, 6) is 7.25. The lowest BCUT2D eigenvalue weighted by atomic mass is 10.1. The van der Waals surface area contributed by atoms with Crippen LogP contribution in [0.3, 0.4) is 0 Å². The van der Waals surface area contributed by atoms with E-state index in [0.29, 0.717) is 6.04 Å². The Morgan fingerprint density at radius 3 is 3.00 bits per heavy atom. The molecule has 3 nitrogen and oxygen atoms in total. The van der Waals surface area contributed by atoms with E-state index in [1.807, 2.05) is 19.2 Å². The third-order valence-electron chi connectivity index (χ3n) is 3.54. The van der Waals surface area contributed by atoms with Crippen LogP contribution < -0.4 is 10.1 Å². The molecule has 0 amide bonds. The largest absolute Gasteiger partial charge is 0.490 e. The van der Waals surface area contributed by atoms with Crippen LogP contribution in [0.2, 0.25) is 0 Å². The van der Waals surface area contributed by atoms with Crippen LogP contribution in [0.5, 0.6) is 5.75 Å². The summed E-state index contributed by atoms with van der Waals surface area (Å²) in [6, 6.07) is 2.51. The molecule has 1 aliphatic heterocycles. The molecule has 1 aromatic heterocycles. The first-order valence-electron chi connectivity index (χ1n) is 7.61. The highest BCUT2D eigenvalue weighted by atomic mass is 16.5. The second-order valence-electron chi connectivity index (χ2n) is 5.32. The number of pyridine rings is 1. The zero-order chi connectivity index (χ0) is 14.2. The van der Waals surface area contributed by atoms with Crippen LogP contribution in [-0.2, 0) is 0 Å². The standard InChI is InChI=1S/C17H24N2O/c1-3-4-5-6-7-8-15-11-17(14(2)19-12-15)20-13-16-9-10-18-16/h11-12,16,18H,3-6,9-10,13H2,1-2H3/t16-/m0/s1. The summed E-state index contributed by atoms with van der Waals surface area (Å²) < 4.78 is 5.83. The molecule has 108 valence electrons. The maximum atomic E-state index is 5.83. The van der Waals surface area contributed by atoms with Gasteiger partial charge in [0.25, 0.3) is 0 Å². The molecule has 0 aliphatic carbocycles. The van der Waals surface area contributed by atoms with Gasteiger partial charge in [-0.05, 0) is 32.4 Å². The lowest BCUT2D eigenvalue weighted by Crippen LogP contribution is -2.46. The fourth-order valence-electron chi connectivity index (χ4n) is 2.04. The first kappa shape index (κ1) is 14.9. The molecule has 1 aliphatic rings. The van der Waals surface area contributed by atoms with Gasteiger partial charge in [-0.15, -0.1) is 0 Å². The SMILES string of the molecule is CCCCCC#Cc1cnc(C)c(OC[C@@H]2CCN2)c1. The fourth-order valence-corrected chi connectivity index (χ4v) is 2.04. The Balaban J connectivity index is 1.89. The zero-order valence-corrected chi connectivity index (χ0v) is 12.5. The summed E-state index contributed by atoms with van der Waals surface area (Å²) in [6.07, 6.45) is 7.66. The van der Waals surface area contributed by atoms with E-state index >= 15 is 0 Å². The molecule has 2 heterocycles. The van der Waals surface area contributed by atoms with Crippen molar-refractivity contribution in [2.24, 2.45) is 0 Å². The van der Waals surface area contributed by atoms with E-state index in [4.69, 9.17) is 4.74 Å². The Bertz CT molecular complexity index is 483. The average Bonchev–Trinajstić information content (AvgIpc) is 2.40. The van der Waals surface area contributed by atoms with E-state index in [9.17, 15) is 0 Å². The molecular formula is C17H24N2O. The molecule has 0 unspecified atom stereocenters. The van der Waals surface area contributed by atoms with E-state index in [1.165, 1.54) is 25.7 Å². The molecule has 0 spiro atoms. The summed E-state index contributed by atoms with van der Waals surface area (Å²) in [5.41, 5.74) is 1.88. The second kappa shape index (κ2) is 7.91. The van der Waals surface area contributed by atoms with Gasteiger partial charge in [0.2, 0.25) is 0 Å². The lowest BCUT2D eigenvalue weighted by molar-refractivity contribution is 0.216. The maximum Gasteiger partial charge on any atom is 0.141 e. The van der Waals surface area contributed by atoms with Crippen molar-refractivity contribution in [1.29, 1.82) is 0 Å². The highest BCUT2D eigenvalue weighted by Gasteiger charge is 2.17. The third kappa shape index (κ3) is 4.54. The van der Waals surface area contributed by atoms with Crippen molar-refractivity contribution in [1.82, 2.24) is 10.3 Å². The van der Waals surface area contributed by atoms with Crippen LogP contribution in [0.15, 0.2) is 12.3 Å². The number of nitrogens with zero attached hydrogens (tertiary/aromatic N) is 1. The number of hydrogen-bond donors (Lipinski definition) is 1. The van der Waals surface area contributed by atoms with E-state index in [-0.39, 0.29) is 0 Å². The van der Waals surface area contributed by atoms with Gasteiger partial charge >= 0.3 is 0 Å². The second-order valence-corrected chi connectivity index (χ2v) is 5.32. The topological polar surface area (TPSA) is 34.1 Å². The molecule has 1 aromatic rings. The number of aryl methyl sites for hydroxylation is 1. The molecule has 1 fully saturated rings. The number of aromatic nitrogens is 1. The van der Waals surface area contributed by atoms with Gasteiger partial charge in [0.1, 0.15) is 12.4 Å². The van der Waals surface area contributed by atoms with Crippen LogP contribution in [0.4, 0.5) is 0 Å². The maximum absolute atomic E-state index is 5.83. The monoisotopic (exact) mass is 272 g/mol. The molecule has 2 rings (SSSR count). The minimum Gasteiger partial charge on any atom is -0.490 e. The summed E-state index contributed by atoms with van der Waals surface area (Å²) >= 11 is 0. The molecule has 0 bridgehead atoms. The number of hydrogen-bond acceptors (Lipinski definition) is 3. The highest BCUT2D eigenvalue weighted by Crippen LogP contribution is 2.17. The first-order chi connectivity index (χ1) is 9.79.